The normalized spacial score (nSPS) is 13.1. The van der Waals surface area contributed by atoms with E-state index in [0.717, 1.165) is 23.5 Å². The summed E-state index contributed by atoms with van der Waals surface area (Å²) in [5, 5.41) is 12.1. The second-order valence-electron chi connectivity index (χ2n) is 8.05. The number of Topliss-reactive ketones (excluding diaryl/α,β-unsaturated/α-hetero) is 1. The monoisotopic (exact) mass is 435 g/mol. The summed E-state index contributed by atoms with van der Waals surface area (Å²) >= 11 is 0. The van der Waals surface area contributed by atoms with Gasteiger partial charge in [-0.15, -0.1) is 0 Å². The molecule has 0 saturated carbocycles. The number of nitriles is 1. The molecule has 0 saturated heterocycles. The zero-order chi connectivity index (χ0) is 23.4. The highest BCUT2D eigenvalue weighted by molar-refractivity contribution is 6.03. The second kappa shape index (κ2) is 9.52. The number of nitrogens with zero attached hydrogens (tertiary/aromatic N) is 2. The first-order chi connectivity index (χ1) is 15.2. The van der Waals surface area contributed by atoms with Crippen LogP contribution in [0.1, 0.15) is 41.2 Å². The largest absolute Gasteiger partial charge is 0.482 e. The minimum atomic E-state index is -0.871. The predicted molar refractivity (Wildman–Crippen MR) is 118 cm³/mol. The molecule has 0 radical (unpaired) electrons. The van der Waals surface area contributed by atoms with Crippen LogP contribution in [0.3, 0.4) is 0 Å². The van der Waals surface area contributed by atoms with E-state index in [9.17, 15) is 19.6 Å². The van der Waals surface area contributed by atoms with Crippen LogP contribution in [-0.4, -0.2) is 35.4 Å². The van der Waals surface area contributed by atoms with E-state index in [2.05, 4.69) is 23.7 Å². The van der Waals surface area contributed by atoms with Crippen LogP contribution < -0.4 is 10.1 Å². The van der Waals surface area contributed by atoms with Crippen molar-refractivity contribution in [3.05, 3.63) is 52.4 Å². The van der Waals surface area contributed by atoms with Crippen LogP contribution >= 0.6 is 0 Å². The molecule has 1 aromatic heterocycles. The molecule has 1 aliphatic rings. The lowest BCUT2D eigenvalue weighted by atomic mass is 10.1. The van der Waals surface area contributed by atoms with E-state index in [1.807, 2.05) is 26.0 Å². The number of ketones is 1. The number of ether oxygens (including phenoxy) is 2. The molecule has 1 N–H and O–H groups in total. The summed E-state index contributed by atoms with van der Waals surface area (Å²) in [5.74, 6) is -0.739. The minimum Gasteiger partial charge on any atom is -0.482 e. The van der Waals surface area contributed by atoms with Gasteiger partial charge in [0.25, 0.3) is 5.91 Å². The summed E-state index contributed by atoms with van der Waals surface area (Å²) < 4.78 is 12.5. The van der Waals surface area contributed by atoms with Crippen molar-refractivity contribution < 1.29 is 23.9 Å². The second-order valence-corrected chi connectivity index (χ2v) is 8.05. The van der Waals surface area contributed by atoms with E-state index in [1.165, 1.54) is 18.2 Å². The van der Waals surface area contributed by atoms with Crippen molar-refractivity contribution in [1.29, 1.82) is 5.26 Å². The zero-order valence-corrected chi connectivity index (χ0v) is 18.5. The molecule has 0 spiro atoms. The molecule has 8 heteroatoms. The summed E-state index contributed by atoms with van der Waals surface area (Å²) in [5.41, 5.74) is 3.19. The third-order valence-electron chi connectivity index (χ3n) is 5.07. The highest BCUT2D eigenvalue weighted by Gasteiger charge is 2.20. The van der Waals surface area contributed by atoms with E-state index < -0.39 is 18.4 Å². The van der Waals surface area contributed by atoms with Crippen molar-refractivity contribution in [3.8, 4) is 11.8 Å². The molecule has 2 heterocycles. The maximum absolute atomic E-state index is 12.5. The Hall–Kier alpha value is -3.86. The molecule has 0 aliphatic carbocycles. The average Bonchev–Trinajstić information content (AvgIpc) is 3.01. The Bertz CT molecular complexity index is 1150. The number of amides is 1. The zero-order valence-electron chi connectivity index (χ0n) is 18.5. The smallest absolute Gasteiger partial charge is 0.349 e. The number of aromatic nitrogens is 1. The molecule has 0 atom stereocenters. The van der Waals surface area contributed by atoms with Gasteiger partial charge in [-0.3, -0.25) is 9.59 Å². The van der Waals surface area contributed by atoms with Crippen LogP contribution in [0.15, 0.2) is 29.8 Å². The van der Waals surface area contributed by atoms with E-state index in [4.69, 9.17) is 9.47 Å². The number of carbonyl (C=O) groups is 3. The summed E-state index contributed by atoms with van der Waals surface area (Å²) in [4.78, 5) is 36.3. The van der Waals surface area contributed by atoms with Crippen LogP contribution in [0, 0.1) is 31.1 Å². The Kier molecular flexibility index (Phi) is 6.79. The number of hydrogen-bond donors (Lipinski definition) is 1. The predicted octanol–water partition coefficient (Wildman–Crippen LogP) is 3.42. The summed E-state index contributed by atoms with van der Waals surface area (Å²) in [6.07, 6.45) is 1.48. The third kappa shape index (κ3) is 5.06. The molecule has 0 unspecified atom stereocenters. The quantitative estimate of drug-likeness (QED) is 0.309. The fourth-order valence-corrected chi connectivity index (χ4v) is 3.46. The maximum atomic E-state index is 12.5. The Balaban J connectivity index is 1.70. The van der Waals surface area contributed by atoms with Crippen molar-refractivity contribution in [3.63, 3.8) is 0 Å². The topological polar surface area (TPSA) is 110 Å². The minimum absolute atomic E-state index is 0.0823. The Morgan fingerprint density at radius 2 is 2.06 bits per heavy atom. The molecule has 2 aromatic rings. The van der Waals surface area contributed by atoms with E-state index in [-0.39, 0.29) is 23.7 Å². The van der Waals surface area contributed by atoms with E-state index in [0.29, 0.717) is 17.4 Å². The highest BCUT2D eigenvalue weighted by Crippen LogP contribution is 2.28. The van der Waals surface area contributed by atoms with Crippen molar-refractivity contribution in [1.82, 2.24) is 4.57 Å². The van der Waals surface area contributed by atoms with Gasteiger partial charge in [0.1, 0.15) is 17.4 Å². The van der Waals surface area contributed by atoms with Crippen molar-refractivity contribution >= 4 is 29.4 Å². The van der Waals surface area contributed by atoms with Crippen LogP contribution in [0.25, 0.3) is 6.08 Å². The molecule has 32 heavy (non-hydrogen) atoms. The lowest BCUT2D eigenvalue weighted by molar-refractivity contribution is -0.137. The number of esters is 1. The first kappa shape index (κ1) is 22.8. The highest BCUT2D eigenvalue weighted by atomic mass is 16.5. The SMILES string of the molecule is Cc1cc(C=C(C#N)C(=O)OCC(=O)c2ccc3c(c2)NC(=O)CO3)c(C)n1CC(C)C. The van der Waals surface area contributed by atoms with E-state index >= 15 is 0 Å². The van der Waals surface area contributed by atoms with Gasteiger partial charge in [-0.25, -0.2) is 4.79 Å². The molecular weight excluding hydrogens is 410 g/mol. The number of anilines is 1. The van der Waals surface area contributed by atoms with E-state index in [1.54, 1.807) is 6.07 Å². The van der Waals surface area contributed by atoms with Crippen molar-refractivity contribution in [2.75, 3.05) is 18.5 Å². The van der Waals surface area contributed by atoms with Gasteiger partial charge in [0.15, 0.2) is 19.0 Å². The first-order valence-electron chi connectivity index (χ1n) is 10.2. The Labute approximate surface area is 186 Å². The van der Waals surface area contributed by atoms with Gasteiger partial charge in [0, 0.05) is 23.5 Å². The number of benzene rings is 1. The molecule has 1 aromatic carbocycles. The van der Waals surface area contributed by atoms with Crippen molar-refractivity contribution in [2.45, 2.75) is 34.2 Å². The molecule has 1 amide bonds. The summed E-state index contributed by atoms with van der Waals surface area (Å²) in [6, 6.07) is 8.33. The third-order valence-corrected chi connectivity index (χ3v) is 5.07. The van der Waals surface area contributed by atoms with Gasteiger partial charge < -0.3 is 19.4 Å². The van der Waals surface area contributed by atoms with Gasteiger partial charge in [-0.05, 0) is 55.7 Å². The number of hydrogen-bond acceptors (Lipinski definition) is 6. The number of nitrogens with one attached hydrogen (secondary N) is 1. The Morgan fingerprint density at radius 3 is 2.75 bits per heavy atom. The van der Waals surface area contributed by atoms with Gasteiger partial charge >= 0.3 is 5.97 Å². The Morgan fingerprint density at radius 1 is 1.31 bits per heavy atom. The van der Waals surface area contributed by atoms with Gasteiger partial charge in [0.2, 0.25) is 0 Å². The first-order valence-corrected chi connectivity index (χ1v) is 10.2. The lowest BCUT2D eigenvalue weighted by Crippen LogP contribution is -2.25. The molecule has 1 aliphatic heterocycles. The molecule has 0 fully saturated rings. The van der Waals surface area contributed by atoms with Crippen LogP contribution in [-0.2, 0) is 20.9 Å². The average molecular weight is 435 g/mol. The maximum Gasteiger partial charge on any atom is 0.349 e. The fraction of sp³-hybridized carbons (Fsp3) is 0.333. The van der Waals surface area contributed by atoms with Crippen LogP contribution in [0.5, 0.6) is 5.75 Å². The van der Waals surface area contributed by atoms with Gasteiger partial charge in [0.05, 0.1) is 5.69 Å². The van der Waals surface area contributed by atoms with Gasteiger partial charge in [-0.1, -0.05) is 13.8 Å². The molecular formula is C24H25N3O5. The molecule has 0 bridgehead atoms. The molecule has 166 valence electrons. The van der Waals surface area contributed by atoms with Crippen molar-refractivity contribution in [2.24, 2.45) is 5.92 Å². The number of carbonyl (C=O) groups excluding carboxylic acids is 3. The number of rotatable bonds is 7. The lowest BCUT2D eigenvalue weighted by Gasteiger charge is -2.18. The number of fused-ring (bicyclic) bond motifs is 1. The number of aryl methyl sites for hydroxylation is 1. The summed E-state index contributed by atoms with van der Waals surface area (Å²) in [6.45, 7) is 8.36. The fourth-order valence-electron chi connectivity index (χ4n) is 3.46. The van der Waals surface area contributed by atoms with Crippen LogP contribution in [0.4, 0.5) is 5.69 Å². The summed E-state index contributed by atoms with van der Waals surface area (Å²) in [7, 11) is 0. The van der Waals surface area contributed by atoms with Gasteiger partial charge in [-0.2, -0.15) is 5.26 Å². The molecule has 3 rings (SSSR count). The standard InChI is InChI=1S/C24H25N3O5/c1-14(2)11-27-15(3)7-18(16(27)4)8-19(10-25)24(30)32-12-21(28)17-5-6-22-20(9-17)26-23(29)13-31-22/h5-9,14H,11-13H2,1-4H3,(H,26,29). The molecule has 8 nitrogen and oxygen atoms in total. The van der Waals surface area contributed by atoms with Crippen LogP contribution in [0.2, 0.25) is 0 Å².